The van der Waals surface area contributed by atoms with E-state index in [1.54, 1.807) is 13.0 Å². The minimum absolute atomic E-state index is 0.0157. The SMILES string of the molecule is CCc1c(F)ccc2cc(O)cc(-c3ncc4c(N5CCCC(C)(O)C5)nc(OCC5(C)CO5)nc4c3F)c12. The Morgan fingerprint density at radius 2 is 1.97 bits per heavy atom. The van der Waals surface area contributed by atoms with Crippen LogP contribution in [0.25, 0.3) is 32.9 Å². The second kappa shape index (κ2) is 9.24. The monoisotopic (exact) mass is 536 g/mol. The number of halogens is 2. The van der Waals surface area contributed by atoms with E-state index in [9.17, 15) is 14.6 Å². The van der Waals surface area contributed by atoms with E-state index in [2.05, 4.69) is 15.0 Å². The zero-order valence-electron chi connectivity index (χ0n) is 22.1. The molecule has 0 radical (unpaired) electrons. The number of epoxide rings is 1. The normalized spacial score (nSPS) is 23.0. The number of phenolic OH excluding ortho intramolecular Hbond substituents is 1. The van der Waals surface area contributed by atoms with Crippen LogP contribution in [-0.4, -0.2) is 62.7 Å². The van der Waals surface area contributed by atoms with Gasteiger partial charge in [-0.05, 0) is 67.6 Å². The van der Waals surface area contributed by atoms with Crippen molar-refractivity contribution in [2.45, 2.75) is 51.2 Å². The number of hydrogen-bond donors (Lipinski definition) is 2. The molecule has 204 valence electrons. The smallest absolute Gasteiger partial charge is 0.319 e. The summed E-state index contributed by atoms with van der Waals surface area (Å²) in [6, 6.07) is 5.79. The van der Waals surface area contributed by atoms with Crippen molar-refractivity contribution in [3.63, 3.8) is 0 Å². The zero-order chi connectivity index (χ0) is 27.5. The van der Waals surface area contributed by atoms with E-state index in [1.807, 2.05) is 18.7 Å². The summed E-state index contributed by atoms with van der Waals surface area (Å²) in [5.74, 6) is -0.827. The molecule has 2 aromatic heterocycles. The summed E-state index contributed by atoms with van der Waals surface area (Å²) in [5, 5.41) is 22.6. The summed E-state index contributed by atoms with van der Waals surface area (Å²) in [7, 11) is 0. The third kappa shape index (κ3) is 4.72. The number of rotatable bonds is 6. The number of aliphatic hydroxyl groups is 1. The predicted octanol–water partition coefficient (Wildman–Crippen LogP) is 4.91. The number of aryl methyl sites for hydroxylation is 1. The molecule has 6 rings (SSSR count). The number of phenols is 1. The Hall–Kier alpha value is -3.63. The van der Waals surface area contributed by atoms with E-state index < -0.39 is 22.8 Å². The second-order valence-corrected chi connectivity index (χ2v) is 11.0. The Kier molecular flexibility index (Phi) is 6.07. The van der Waals surface area contributed by atoms with Crippen molar-refractivity contribution >= 4 is 27.5 Å². The molecule has 2 atom stereocenters. The molecule has 0 saturated carbocycles. The molecular weight excluding hydrogens is 506 g/mol. The van der Waals surface area contributed by atoms with Crippen LogP contribution in [0.4, 0.5) is 14.6 Å². The largest absolute Gasteiger partial charge is 0.508 e. The molecule has 2 fully saturated rings. The maximum Gasteiger partial charge on any atom is 0.319 e. The number of aromatic hydroxyl groups is 1. The van der Waals surface area contributed by atoms with Crippen LogP contribution in [0.3, 0.4) is 0 Å². The van der Waals surface area contributed by atoms with E-state index in [0.29, 0.717) is 60.1 Å². The molecule has 0 spiro atoms. The molecule has 10 heteroatoms. The average Bonchev–Trinajstić information content (AvgIpc) is 3.64. The van der Waals surface area contributed by atoms with Crippen molar-refractivity contribution in [2.24, 2.45) is 0 Å². The first-order valence-corrected chi connectivity index (χ1v) is 13.1. The standard InChI is InChI=1S/C29H30F2N4O4/c1-4-18-21(30)7-6-16-10-17(36)11-19(22(16)18)24-23(31)25-20(12-32-24)26(35-9-5-8-28(2,37)13-35)34-27(33-25)38-14-29(3)15-39-29/h6-7,10-12,36-37H,4-5,8-9,13-15H2,1-3H3. The highest BCUT2D eigenvalue weighted by atomic mass is 19.1. The lowest BCUT2D eigenvalue weighted by Gasteiger charge is -2.37. The van der Waals surface area contributed by atoms with E-state index in [1.165, 1.54) is 24.4 Å². The van der Waals surface area contributed by atoms with Gasteiger partial charge in [0, 0.05) is 24.8 Å². The molecule has 0 aliphatic carbocycles. The van der Waals surface area contributed by atoms with Crippen molar-refractivity contribution in [1.82, 2.24) is 15.0 Å². The highest BCUT2D eigenvalue weighted by molar-refractivity contribution is 6.01. The van der Waals surface area contributed by atoms with Crippen LogP contribution in [0.15, 0.2) is 30.5 Å². The second-order valence-electron chi connectivity index (χ2n) is 11.0. The topological polar surface area (TPSA) is 104 Å². The third-order valence-corrected chi connectivity index (χ3v) is 7.52. The van der Waals surface area contributed by atoms with Gasteiger partial charge in [0.2, 0.25) is 0 Å². The Morgan fingerprint density at radius 1 is 1.18 bits per heavy atom. The predicted molar refractivity (Wildman–Crippen MR) is 143 cm³/mol. The summed E-state index contributed by atoms with van der Waals surface area (Å²) >= 11 is 0. The highest BCUT2D eigenvalue weighted by Gasteiger charge is 2.40. The van der Waals surface area contributed by atoms with E-state index in [-0.39, 0.29) is 35.1 Å². The maximum absolute atomic E-state index is 16.4. The van der Waals surface area contributed by atoms with Crippen LogP contribution in [0.1, 0.15) is 39.2 Å². The minimum atomic E-state index is -0.932. The molecule has 4 heterocycles. The fraction of sp³-hybridized carbons (Fsp3) is 0.414. The molecule has 2 aliphatic rings. The van der Waals surface area contributed by atoms with Gasteiger partial charge in [0.05, 0.1) is 17.6 Å². The molecule has 2 saturated heterocycles. The number of benzene rings is 2. The number of β-amino-alcohol motifs (C(OH)–C–C–N with tert-alkyl or cyclic N) is 1. The summed E-state index contributed by atoms with van der Waals surface area (Å²) < 4.78 is 42.5. The van der Waals surface area contributed by atoms with Crippen molar-refractivity contribution in [1.29, 1.82) is 0 Å². The van der Waals surface area contributed by atoms with Gasteiger partial charge in [-0.1, -0.05) is 13.0 Å². The number of hydrogen-bond acceptors (Lipinski definition) is 8. The molecule has 2 unspecified atom stereocenters. The Balaban J connectivity index is 1.56. The first-order valence-electron chi connectivity index (χ1n) is 13.1. The summed E-state index contributed by atoms with van der Waals surface area (Å²) in [6.45, 7) is 7.15. The van der Waals surface area contributed by atoms with Gasteiger partial charge in [-0.3, -0.25) is 4.98 Å². The number of pyridine rings is 1. The zero-order valence-corrected chi connectivity index (χ0v) is 22.1. The number of piperidine rings is 1. The fourth-order valence-electron chi connectivity index (χ4n) is 5.37. The van der Waals surface area contributed by atoms with Gasteiger partial charge in [-0.25, -0.2) is 8.78 Å². The lowest BCUT2D eigenvalue weighted by atomic mass is 9.94. The molecular formula is C29H30F2N4O4. The Labute approximate surface area is 224 Å². The quantitative estimate of drug-likeness (QED) is 0.335. The Bertz CT molecular complexity index is 1610. The number of anilines is 1. The van der Waals surface area contributed by atoms with Crippen LogP contribution in [0.5, 0.6) is 11.8 Å². The van der Waals surface area contributed by atoms with Crippen LogP contribution >= 0.6 is 0 Å². The summed E-state index contributed by atoms with van der Waals surface area (Å²) in [5.41, 5.74) is -0.775. The molecule has 0 bridgehead atoms. The van der Waals surface area contributed by atoms with Crippen molar-refractivity contribution in [3.8, 4) is 23.0 Å². The van der Waals surface area contributed by atoms with Gasteiger partial charge in [0.25, 0.3) is 0 Å². The third-order valence-electron chi connectivity index (χ3n) is 7.52. The van der Waals surface area contributed by atoms with Crippen LogP contribution in [0, 0.1) is 11.6 Å². The number of ether oxygens (including phenoxy) is 2. The molecule has 39 heavy (non-hydrogen) atoms. The average molecular weight is 537 g/mol. The first-order chi connectivity index (χ1) is 18.6. The number of nitrogens with zero attached hydrogens (tertiary/aromatic N) is 4. The van der Waals surface area contributed by atoms with Gasteiger partial charge in [-0.2, -0.15) is 9.97 Å². The number of fused-ring (bicyclic) bond motifs is 2. The summed E-state index contributed by atoms with van der Waals surface area (Å²) in [4.78, 5) is 15.4. The van der Waals surface area contributed by atoms with Gasteiger partial charge in [0.15, 0.2) is 5.82 Å². The van der Waals surface area contributed by atoms with Gasteiger partial charge < -0.3 is 24.6 Å². The number of aromatic nitrogens is 3. The summed E-state index contributed by atoms with van der Waals surface area (Å²) in [6.07, 6.45) is 3.23. The Morgan fingerprint density at radius 3 is 2.69 bits per heavy atom. The molecule has 2 N–H and O–H groups in total. The minimum Gasteiger partial charge on any atom is -0.508 e. The van der Waals surface area contributed by atoms with Gasteiger partial charge >= 0.3 is 6.01 Å². The highest BCUT2D eigenvalue weighted by Crippen LogP contribution is 2.39. The van der Waals surface area contributed by atoms with Crippen molar-refractivity contribution in [2.75, 3.05) is 31.2 Å². The first kappa shape index (κ1) is 25.6. The van der Waals surface area contributed by atoms with Crippen LogP contribution < -0.4 is 9.64 Å². The molecule has 8 nitrogen and oxygen atoms in total. The van der Waals surface area contributed by atoms with Gasteiger partial charge in [-0.15, -0.1) is 0 Å². The lowest BCUT2D eigenvalue weighted by Crippen LogP contribution is -2.46. The van der Waals surface area contributed by atoms with Crippen molar-refractivity contribution < 1.29 is 28.5 Å². The fourth-order valence-corrected chi connectivity index (χ4v) is 5.37. The van der Waals surface area contributed by atoms with E-state index in [0.717, 1.165) is 6.42 Å². The van der Waals surface area contributed by atoms with E-state index in [4.69, 9.17) is 9.47 Å². The van der Waals surface area contributed by atoms with Crippen molar-refractivity contribution in [3.05, 3.63) is 47.7 Å². The van der Waals surface area contributed by atoms with E-state index >= 15 is 4.39 Å². The molecule has 2 aromatic carbocycles. The maximum atomic E-state index is 16.4. The molecule has 2 aliphatic heterocycles. The van der Waals surface area contributed by atoms with Crippen LogP contribution in [-0.2, 0) is 11.2 Å². The lowest BCUT2D eigenvalue weighted by molar-refractivity contribution is 0.0447. The van der Waals surface area contributed by atoms with Gasteiger partial charge in [0.1, 0.15) is 40.8 Å². The molecule has 4 aromatic rings. The molecule has 0 amide bonds. The van der Waals surface area contributed by atoms with Crippen LogP contribution in [0.2, 0.25) is 0 Å².